The second kappa shape index (κ2) is 5.48. The lowest BCUT2D eigenvalue weighted by atomic mass is 10.4. The molecule has 0 spiro atoms. The van der Waals surface area contributed by atoms with Gasteiger partial charge < -0.3 is 4.74 Å². The Labute approximate surface area is 105 Å². The average Bonchev–Trinajstić information content (AvgIpc) is 2.28. The number of benzene rings is 1. The zero-order valence-electron chi connectivity index (χ0n) is 9.38. The molecule has 0 saturated carbocycles. The van der Waals surface area contributed by atoms with E-state index in [0.29, 0.717) is 5.02 Å². The molecule has 1 aromatic rings. The summed E-state index contributed by atoms with van der Waals surface area (Å²) in [4.78, 5) is 11.1. The molecular weight excluding hydrogens is 266 g/mol. The van der Waals surface area contributed by atoms with Crippen LogP contribution in [0.1, 0.15) is 0 Å². The maximum absolute atomic E-state index is 12.0. The molecular formula is C10H12ClNO4S. The third-order valence-electron chi connectivity index (χ3n) is 2.08. The highest BCUT2D eigenvalue weighted by atomic mass is 35.5. The molecule has 0 aliphatic heterocycles. The van der Waals surface area contributed by atoms with Crippen LogP contribution in [0, 0.1) is 0 Å². The Kier molecular flexibility index (Phi) is 4.50. The van der Waals surface area contributed by atoms with Gasteiger partial charge in [0.2, 0.25) is 10.0 Å². The Morgan fingerprint density at radius 2 is 2.12 bits per heavy atom. The van der Waals surface area contributed by atoms with E-state index in [1.165, 1.54) is 32.4 Å². The number of methoxy groups -OCH3 is 1. The van der Waals surface area contributed by atoms with E-state index in [-0.39, 0.29) is 11.4 Å². The summed E-state index contributed by atoms with van der Waals surface area (Å²) < 4.78 is 29.3. The van der Waals surface area contributed by atoms with E-state index >= 15 is 0 Å². The van der Waals surface area contributed by atoms with Crippen LogP contribution in [0.25, 0.3) is 0 Å². The fourth-order valence-corrected chi connectivity index (χ4v) is 2.56. The predicted molar refractivity (Wildman–Crippen MR) is 63.3 cm³/mol. The number of carbonyl (C=O) groups is 1. The number of ether oxygens (including phenoxy) is 1. The summed E-state index contributed by atoms with van der Waals surface area (Å²) in [5, 5.41) is 0.317. The Morgan fingerprint density at radius 3 is 2.65 bits per heavy atom. The van der Waals surface area contributed by atoms with Gasteiger partial charge in [-0.15, -0.1) is 0 Å². The van der Waals surface area contributed by atoms with Gasteiger partial charge in [-0.3, -0.25) is 4.79 Å². The summed E-state index contributed by atoms with van der Waals surface area (Å²) in [7, 11) is -1.22. The van der Waals surface area contributed by atoms with Gasteiger partial charge in [0, 0.05) is 12.1 Å². The Hall–Kier alpha value is -1.11. The summed E-state index contributed by atoms with van der Waals surface area (Å²) >= 11 is 5.71. The summed E-state index contributed by atoms with van der Waals surface area (Å²) in [6, 6.07) is 5.84. The average molecular weight is 278 g/mol. The molecule has 0 radical (unpaired) electrons. The quantitative estimate of drug-likeness (QED) is 0.774. The number of carbonyl (C=O) groups excluding carboxylic acids is 1. The van der Waals surface area contributed by atoms with Crippen LogP contribution in [0.4, 0.5) is 0 Å². The van der Waals surface area contributed by atoms with Gasteiger partial charge in [-0.2, -0.15) is 4.31 Å². The Bertz CT molecular complexity index is 515. The smallest absolute Gasteiger partial charge is 0.321 e. The molecule has 1 rings (SSSR count). The van der Waals surface area contributed by atoms with Gasteiger partial charge in [-0.1, -0.05) is 17.7 Å². The molecule has 0 aliphatic rings. The molecule has 0 unspecified atom stereocenters. The van der Waals surface area contributed by atoms with Gasteiger partial charge in [0.1, 0.15) is 6.54 Å². The number of esters is 1. The molecule has 0 atom stereocenters. The molecule has 7 heteroatoms. The third-order valence-corrected chi connectivity index (χ3v) is 4.12. The van der Waals surface area contributed by atoms with E-state index < -0.39 is 16.0 Å². The summed E-state index contributed by atoms with van der Waals surface area (Å²) in [6.07, 6.45) is 0. The van der Waals surface area contributed by atoms with Crippen LogP contribution in [-0.2, 0) is 19.6 Å². The predicted octanol–water partition coefficient (Wildman–Crippen LogP) is 1.13. The van der Waals surface area contributed by atoms with E-state index in [1.54, 1.807) is 6.07 Å². The Morgan fingerprint density at radius 1 is 1.47 bits per heavy atom. The summed E-state index contributed by atoms with van der Waals surface area (Å²) in [6.45, 7) is -0.342. The lowest BCUT2D eigenvalue weighted by Crippen LogP contribution is -2.32. The van der Waals surface area contributed by atoms with Crippen LogP contribution >= 0.6 is 11.6 Å². The van der Waals surface area contributed by atoms with E-state index in [4.69, 9.17) is 11.6 Å². The molecule has 0 N–H and O–H groups in total. The van der Waals surface area contributed by atoms with Crippen molar-refractivity contribution in [1.29, 1.82) is 0 Å². The number of likely N-dealkylation sites (N-methyl/N-ethyl adjacent to an activating group) is 1. The number of hydrogen-bond acceptors (Lipinski definition) is 4. The van der Waals surface area contributed by atoms with Crippen LogP contribution in [0.2, 0.25) is 5.02 Å². The minimum atomic E-state index is -3.72. The topological polar surface area (TPSA) is 63.7 Å². The first kappa shape index (κ1) is 14.0. The zero-order chi connectivity index (χ0) is 13.1. The van der Waals surface area contributed by atoms with Crippen molar-refractivity contribution >= 4 is 27.6 Å². The van der Waals surface area contributed by atoms with Crippen molar-refractivity contribution in [2.24, 2.45) is 0 Å². The molecule has 0 amide bonds. The highest BCUT2D eigenvalue weighted by Crippen LogP contribution is 2.18. The van der Waals surface area contributed by atoms with Gasteiger partial charge in [-0.25, -0.2) is 8.42 Å². The highest BCUT2D eigenvalue weighted by Gasteiger charge is 2.23. The molecule has 94 valence electrons. The molecule has 0 aliphatic carbocycles. The minimum absolute atomic E-state index is 0.0383. The van der Waals surface area contributed by atoms with Crippen molar-refractivity contribution < 1.29 is 17.9 Å². The van der Waals surface area contributed by atoms with Gasteiger partial charge in [-0.05, 0) is 18.2 Å². The second-order valence-corrected chi connectivity index (χ2v) is 5.78. The lowest BCUT2D eigenvalue weighted by Gasteiger charge is -2.15. The fourth-order valence-electron chi connectivity index (χ4n) is 1.14. The van der Waals surface area contributed by atoms with Crippen molar-refractivity contribution in [2.45, 2.75) is 4.90 Å². The van der Waals surface area contributed by atoms with Gasteiger partial charge >= 0.3 is 5.97 Å². The molecule has 0 bridgehead atoms. The third kappa shape index (κ3) is 3.42. The van der Waals surface area contributed by atoms with Gasteiger partial charge in [0.25, 0.3) is 0 Å². The maximum Gasteiger partial charge on any atom is 0.321 e. The van der Waals surface area contributed by atoms with Crippen LogP contribution in [0.3, 0.4) is 0 Å². The normalized spacial score (nSPS) is 11.5. The van der Waals surface area contributed by atoms with Gasteiger partial charge in [0.15, 0.2) is 0 Å². The SMILES string of the molecule is COC(=O)CN(C)S(=O)(=O)c1cccc(Cl)c1. The van der Waals surface area contributed by atoms with E-state index in [9.17, 15) is 13.2 Å². The monoisotopic (exact) mass is 277 g/mol. The standard InChI is InChI=1S/C10H12ClNO4S/c1-12(7-10(13)16-2)17(14,15)9-5-3-4-8(11)6-9/h3-6H,7H2,1-2H3. The van der Waals surface area contributed by atoms with Crippen molar-refractivity contribution in [1.82, 2.24) is 4.31 Å². The van der Waals surface area contributed by atoms with Crippen LogP contribution < -0.4 is 0 Å². The van der Waals surface area contributed by atoms with Crippen molar-refractivity contribution in [3.05, 3.63) is 29.3 Å². The number of rotatable bonds is 4. The molecule has 0 aromatic heterocycles. The Balaban J connectivity index is 2.99. The minimum Gasteiger partial charge on any atom is -0.468 e. The largest absolute Gasteiger partial charge is 0.468 e. The fraction of sp³-hybridized carbons (Fsp3) is 0.300. The molecule has 0 heterocycles. The number of nitrogens with zero attached hydrogens (tertiary/aromatic N) is 1. The van der Waals surface area contributed by atoms with E-state index in [2.05, 4.69) is 4.74 Å². The molecule has 0 fully saturated rings. The first-order valence-electron chi connectivity index (χ1n) is 4.66. The number of halogens is 1. The number of hydrogen-bond donors (Lipinski definition) is 0. The first-order chi connectivity index (χ1) is 7.87. The molecule has 5 nitrogen and oxygen atoms in total. The maximum atomic E-state index is 12.0. The summed E-state index contributed by atoms with van der Waals surface area (Å²) in [5.74, 6) is -0.627. The summed E-state index contributed by atoms with van der Waals surface area (Å²) in [5.41, 5.74) is 0. The first-order valence-corrected chi connectivity index (χ1v) is 6.48. The van der Waals surface area contributed by atoms with Crippen molar-refractivity contribution in [2.75, 3.05) is 20.7 Å². The van der Waals surface area contributed by atoms with Crippen molar-refractivity contribution in [3.8, 4) is 0 Å². The van der Waals surface area contributed by atoms with Crippen LogP contribution in [0.5, 0.6) is 0 Å². The number of sulfonamides is 1. The molecule has 17 heavy (non-hydrogen) atoms. The van der Waals surface area contributed by atoms with Crippen LogP contribution in [0.15, 0.2) is 29.2 Å². The lowest BCUT2D eigenvalue weighted by molar-refractivity contribution is -0.140. The zero-order valence-corrected chi connectivity index (χ0v) is 11.0. The van der Waals surface area contributed by atoms with Gasteiger partial charge in [0.05, 0.1) is 12.0 Å². The molecule has 0 saturated heterocycles. The second-order valence-electron chi connectivity index (χ2n) is 3.29. The molecule has 1 aromatic carbocycles. The van der Waals surface area contributed by atoms with E-state index in [0.717, 1.165) is 4.31 Å². The van der Waals surface area contributed by atoms with Crippen LogP contribution in [-0.4, -0.2) is 39.4 Å². The highest BCUT2D eigenvalue weighted by molar-refractivity contribution is 7.89. The van der Waals surface area contributed by atoms with E-state index in [1.807, 2.05) is 0 Å². The van der Waals surface area contributed by atoms with Crippen molar-refractivity contribution in [3.63, 3.8) is 0 Å².